The Morgan fingerprint density at radius 1 is 1.16 bits per heavy atom. The minimum Gasteiger partial charge on any atom is -0.383 e. The van der Waals surface area contributed by atoms with Gasteiger partial charge in [0.1, 0.15) is 11.5 Å². The first-order chi connectivity index (χ1) is 15.5. The highest BCUT2D eigenvalue weighted by Crippen LogP contribution is 2.30. The quantitative estimate of drug-likeness (QED) is 0.470. The molecule has 8 nitrogen and oxygen atoms in total. The number of amides is 1. The van der Waals surface area contributed by atoms with Crippen LogP contribution in [-0.2, 0) is 4.79 Å². The summed E-state index contributed by atoms with van der Waals surface area (Å²) in [7, 11) is 0. The van der Waals surface area contributed by atoms with E-state index in [0.29, 0.717) is 16.8 Å². The topological polar surface area (TPSA) is 112 Å². The first-order valence-electron chi connectivity index (χ1n) is 9.30. The van der Waals surface area contributed by atoms with Gasteiger partial charge in [-0.3, -0.25) is 4.79 Å². The molecule has 0 saturated heterocycles. The Labute approximate surface area is 181 Å². The van der Waals surface area contributed by atoms with E-state index in [1.165, 1.54) is 12.1 Å². The third kappa shape index (κ3) is 3.99. The van der Waals surface area contributed by atoms with Crippen LogP contribution in [0.25, 0.3) is 28.2 Å². The van der Waals surface area contributed by atoms with E-state index in [1.54, 1.807) is 36.5 Å². The molecule has 0 saturated carbocycles. The van der Waals surface area contributed by atoms with Crippen molar-refractivity contribution >= 4 is 17.4 Å². The summed E-state index contributed by atoms with van der Waals surface area (Å²) in [6.45, 7) is 0. The molecule has 1 amide bonds. The fourth-order valence-electron chi connectivity index (χ4n) is 3.03. The Kier molecular flexibility index (Phi) is 5.55. The largest absolute Gasteiger partial charge is 0.383 e. The Bertz CT molecular complexity index is 1340. The number of nitrogens with zero attached hydrogens (tertiary/aromatic N) is 5. The number of nitrogens with two attached hydrogens (primary N) is 1. The molecule has 0 unspecified atom stereocenters. The van der Waals surface area contributed by atoms with Gasteiger partial charge in [-0.15, -0.1) is 11.5 Å². The van der Waals surface area contributed by atoms with Crippen molar-refractivity contribution in [3.05, 3.63) is 66.4 Å². The van der Waals surface area contributed by atoms with Crippen LogP contribution in [0.2, 0.25) is 0 Å². The Balaban J connectivity index is 1.70. The van der Waals surface area contributed by atoms with Crippen molar-refractivity contribution in [2.24, 2.45) is 0 Å². The van der Waals surface area contributed by atoms with Crippen molar-refractivity contribution in [2.75, 3.05) is 11.1 Å². The zero-order valence-electron chi connectivity index (χ0n) is 16.5. The average molecular weight is 431 g/mol. The van der Waals surface area contributed by atoms with Crippen LogP contribution in [0.15, 0.2) is 54.7 Å². The number of nitrogens with one attached hydrogen (secondary N) is 1. The van der Waals surface area contributed by atoms with Gasteiger partial charge in [-0.25, -0.2) is 13.8 Å². The number of pyridine rings is 1. The van der Waals surface area contributed by atoms with Crippen LogP contribution in [-0.4, -0.2) is 31.1 Å². The van der Waals surface area contributed by atoms with Gasteiger partial charge in [0.05, 0.1) is 12.0 Å². The lowest BCUT2D eigenvalue weighted by Crippen LogP contribution is -2.09. The highest BCUT2D eigenvalue weighted by atomic mass is 19.2. The third-order valence-corrected chi connectivity index (χ3v) is 4.55. The minimum absolute atomic E-state index is 0.0202. The molecule has 158 valence electrons. The number of nitrogen functional groups attached to an aromatic ring is 1. The van der Waals surface area contributed by atoms with Crippen LogP contribution in [0.5, 0.6) is 0 Å². The molecular formula is C22H15F2N7O. The van der Waals surface area contributed by atoms with E-state index < -0.39 is 11.6 Å². The number of carbonyl (C=O) groups excluding carboxylic acids is 1. The monoisotopic (exact) mass is 431 g/mol. The van der Waals surface area contributed by atoms with E-state index in [4.69, 9.17) is 12.2 Å². The predicted octanol–water partition coefficient (Wildman–Crippen LogP) is 3.21. The molecule has 4 rings (SSSR count). The maximum Gasteiger partial charge on any atom is 0.236 e. The summed E-state index contributed by atoms with van der Waals surface area (Å²) in [4.78, 5) is 15.8. The molecule has 0 spiro atoms. The van der Waals surface area contributed by atoms with E-state index in [2.05, 4.69) is 31.7 Å². The van der Waals surface area contributed by atoms with E-state index in [-0.39, 0.29) is 29.7 Å². The number of hydrogen-bond donors (Lipinski definition) is 2. The number of tetrazole rings is 1. The number of carbonyl (C=O) groups is 1. The standard InChI is InChI=1S/C22H15F2N7O/c1-2-4-19(32)27-15-9-7-13(8-10-15)14-11-16(21(25)26-12-14)22-28-29-30-31(22)18-6-3-5-17(23)20(18)24/h1,3,5-12H,4H2,(H2,25,26)(H,27,32). The maximum absolute atomic E-state index is 14.3. The number of terminal acetylenes is 1. The molecule has 32 heavy (non-hydrogen) atoms. The number of benzene rings is 2. The maximum atomic E-state index is 14.3. The minimum atomic E-state index is -1.09. The molecule has 0 radical (unpaired) electrons. The number of rotatable bonds is 5. The highest BCUT2D eigenvalue weighted by Gasteiger charge is 2.19. The first kappa shape index (κ1) is 20.6. The van der Waals surface area contributed by atoms with Crippen LogP contribution >= 0.6 is 0 Å². The van der Waals surface area contributed by atoms with Gasteiger partial charge in [0.2, 0.25) is 5.91 Å². The number of halogens is 2. The van der Waals surface area contributed by atoms with Crippen LogP contribution in [0.3, 0.4) is 0 Å². The summed E-state index contributed by atoms with van der Waals surface area (Å²) in [5.41, 5.74) is 8.23. The van der Waals surface area contributed by atoms with Crippen LogP contribution in [0.4, 0.5) is 20.3 Å². The summed E-state index contributed by atoms with van der Waals surface area (Å²) in [5.74, 6) is 0.0807. The molecule has 2 heterocycles. The van der Waals surface area contributed by atoms with Crippen molar-refractivity contribution in [3.63, 3.8) is 0 Å². The van der Waals surface area contributed by atoms with Crippen molar-refractivity contribution in [1.29, 1.82) is 0 Å². The van der Waals surface area contributed by atoms with Gasteiger partial charge in [0.25, 0.3) is 0 Å². The molecule has 0 fully saturated rings. The molecule has 0 aliphatic rings. The van der Waals surface area contributed by atoms with Crippen LogP contribution in [0, 0.1) is 24.0 Å². The van der Waals surface area contributed by atoms with Gasteiger partial charge in [-0.05, 0) is 46.3 Å². The van der Waals surface area contributed by atoms with E-state index in [0.717, 1.165) is 16.3 Å². The Morgan fingerprint density at radius 3 is 2.69 bits per heavy atom. The van der Waals surface area contributed by atoms with E-state index in [9.17, 15) is 13.6 Å². The first-order valence-corrected chi connectivity index (χ1v) is 9.30. The van der Waals surface area contributed by atoms with E-state index in [1.807, 2.05) is 0 Å². The molecule has 2 aromatic carbocycles. The van der Waals surface area contributed by atoms with Crippen LogP contribution in [0.1, 0.15) is 6.42 Å². The third-order valence-electron chi connectivity index (χ3n) is 4.55. The number of hydrogen-bond acceptors (Lipinski definition) is 6. The lowest BCUT2D eigenvalue weighted by molar-refractivity contribution is -0.115. The second-order valence-corrected chi connectivity index (χ2v) is 6.65. The van der Waals surface area contributed by atoms with Crippen molar-refractivity contribution < 1.29 is 13.6 Å². The van der Waals surface area contributed by atoms with Crippen molar-refractivity contribution in [1.82, 2.24) is 25.2 Å². The molecule has 2 aromatic heterocycles. The van der Waals surface area contributed by atoms with Crippen LogP contribution < -0.4 is 11.1 Å². The van der Waals surface area contributed by atoms with Gasteiger partial charge < -0.3 is 11.1 Å². The number of aromatic nitrogens is 5. The fraction of sp³-hybridized carbons (Fsp3) is 0.0455. The molecule has 0 aliphatic heterocycles. The SMILES string of the molecule is C#CCC(=O)Nc1ccc(-c2cnc(N)c(-c3nnnn3-c3cccc(F)c3F)c2)cc1. The summed E-state index contributed by atoms with van der Waals surface area (Å²) in [5, 5.41) is 14.0. The second kappa shape index (κ2) is 8.61. The predicted molar refractivity (Wildman–Crippen MR) is 114 cm³/mol. The molecule has 10 heteroatoms. The van der Waals surface area contributed by atoms with Gasteiger partial charge in [-0.2, -0.15) is 4.68 Å². The lowest BCUT2D eigenvalue weighted by atomic mass is 10.0. The molecular weight excluding hydrogens is 416 g/mol. The molecule has 0 atom stereocenters. The smallest absolute Gasteiger partial charge is 0.236 e. The molecule has 4 aromatic rings. The van der Waals surface area contributed by atoms with Gasteiger partial charge >= 0.3 is 0 Å². The number of anilines is 2. The summed E-state index contributed by atoms with van der Waals surface area (Å²) >= 11 is 0. The van der Waals surface area contributed by atoms with E-state index >= 15 is 0 Å². The molecule has 0 aliphatic carbocycles. The van der Waals surface area contributed by atoms with Crippen molar-refractivity contribution in [2.45, 2.75) is 6.42 Å². The molecule has 3 N–H and O–H groups in total. The summed E-state index contributed by atoms with van der Waals surface area (Å²) < 4.78 is 29.1. The Morgan fingerprint density at radius 2 is 1.94 bits per heavy atom. The van der Waals surface area contributed by atoms with Gasteiger partial charge in [0, 0.05) is 17.4 Å². The normalized spacial score (nSPS) is 10.5. The summed E-state index contributed by atoms with van der Waals surface area (Å²) in [6, 6.07) is 12.4. The van der Waals surface area contributed by atoms with Gasteiger partial charge in [-0.1, -0.05) is 24.1 Å². The summed E-state index contributed by atoms with van der Waals surface area (Å²) in [6.07, 6.45) is 6.67. The van der Waals surface area contributed by atoms with Crippen molar-refractivity contribution in [3.8, 4) is 40.5 Å². The zero-order chi connectivity index (χ0) is 22.7. The lowest BCUT2D eigenvalue weighted by Gasteiger charge is -2.10. The average Bonchev–Trinajstić information content (AvgIpc) is 3.26. The fourth-order valence-corrected chi connectivity index (χ4v) is 3.03. The second-order valence-electron chi connectivity index (χ2n) is 6.65. The van der Waals surface area contributed by atoms with Gasteiger partial charge in [0.15, 0.2) is 17.5 Å². The molecule has 0 bridgehead atoms. The zero-order valence-corrected chi connectivity index (χ0v) is 16.5. The Hall–Kier alpha value is -4.65. The highest BCUT2D eigenvalue weighted by molar-refractivity contribution is 5.92.